The first-order valence-corrected chi connectivity index (χ1v) is 4.36. The van der Waals surface area contributed by atoms with Crippen molar-refractivity contribution in [2.24, 2.45) is 0 Å². The Bertz CT molecular complexity index is 71.3. The van der Waals surface area contributed by atoms with Gasteiger partial charge in [-0.3, -0.25) is 0 Å². The average molecular weight is 144 g/mol. The highest BCUT2D eigenvalue weighted by atomic mass is 15.3. The molecular formula is C9H22N+. The molecule has 0 aromatic heterocycles. The molecule has 0 saturated heterocycles. The molecule has 62 valence electrons. The Labute approximate surface area is 65.6 Å². The molecule has 0 aliphatic carbocycles. The first-order chi connectivity index (χ1) is 4.56. The van der Waals surface area contributed by atoms with Gasteiger partial charge in [0.2, 0.25) is 0 Å². The first kappa shape index (κ1) is 9.96. The molecule has 0 unspecified atom stereocenters. The van der Waals surface area contributed by atoms with Crippen molar-refractivity contribution in [3.8, 4) is 0 Å². The van der Waals surface area contributed by atoms with Crippen LogP contribution in [-0.4, -0.2) is 32.2 Å². The lowest BCUT2D eigenvalue weighted by Gasteiger charge is -2.23. The highest BCUT2D eigenvalue weighted by Crippen LogP contribution is 2.01. The van der Waals surface area contributed by atoms with E-state index in [1.54, 1.807) is 0 Å². The van der Waals surface area contributed by atoms with E-state index in [0.29, 0.717) is 0 Å². The zero-order valence-electron chi connectivity index (χ0n) is 7.98. The Morgan fingerprint density at radius 1 is 0.900 bits per heavy atom. The zero-order valence-corrected chi connectivity index (χ0v) is 7.98. The highest BCUT2D eigenvalue weighted by Gasteiger charge is 2.04. The molecule has 0 heterocycles. The fourth-order valence-electron chi connectivity index (χ4n) is 1.01. The van der Waals surface area contributed by atoms with Crippen molar-refractivity contribution in [3.63, 3.8) is 0 Å². The van der Waals surface area contributed by atoms with Gasteiger partial charge in [0, 0.05) is 0 Å². The van der Waals surface area contributed by atoms with Crippen molar-refractivity contribution in [1.29, 1.82) is 0 Å². The number of hydrogen-bond acceptors (Lipinski definition) is 0. The van der Waals surface area contributed by atoms with Gasteiger partial charge in [-0.25, -0.2) is 0 Å². The van der Waals surface area contributed by atoms with Crippen LogP contribution < -0.4 is 0 Å². The fraction of sp³-hybridized carbons (Fsp3) is 1.00. The molecule has 0 spiro atoms. The van der Waals surface area contributed by atoms with Gasteiger partial charge in [-0.15, -0.1) is 0 Å². The van der Waals surface area contributed by atoms with Crippen LogP contribution in [-0.2, 0) is 0 Å². The van der Waals surface area contributed by atoms with E-state index in [-0.39, 0.29) is 0 Å². The highest BCUT2D eigenvalue weighted by molar-refractivity contribution is 4.38. The second-order valence-electron chi connectivity index (χ2n) is 4.07. The lowest BCUT2D eigenvalue weighted by atomic mass is 10.2. The summed E-state index contributed by atoms with van der Waals surface area (Å²) < 4.78 is 1.11. The van der Waals surface area contributed by atoms with Crippen molar-refractivity contribution < 1.29 is 4.48 Å². The van der Waals surface area contributed by atoms with Crippen LogP contribution in [0.2, 0.25) is 0 Å². The molecule has 0 bridgehead atoms. The Morgan fingerprint density at radius 2 is 1.50 bits per heavy atom. The molecule has 0 aliphatic rings. The first-order valence-electron chi connectivity index (χ1n) is 4.36. The molecule has 0 radical (unpaired) electrons. The molecule has 0 aliphatic heterocycles. The van der Waals surface area contributed by atoms with Crippen molar-refractivity contribution in [3.05, 3.63) is 0 Å². The van der Waals surface area contributed by atoms with Crippen LogP contribution in [0.3, 0.4) is 0 Å². The molecule has 10 heavy (non-hydrogen) atoms. The standard InChI is InChI=1S/C9H22N/c1-5-6-7-8-9-10(2,3)4/h5-9H2,1-4H3/q+1. The van der Waals surface area contributed by atoms with E-state index in [9.17, 15) is 0 Å². The lowest BCUT2D eigenvalue weighted by Crippen LogP contribution is -2.35. The third-order valence-corrected chi connectivity index (χ3v) is 1.68. The van der Waals surface area contributed by atoms with Gasteiger partial charge in [0.05, 0.1) is 27.7 Å². The van der Waals surface area contributed by atoms with E-state index in [4.69, 9.17) is 0 Å². The second kappa shape index (κ2) is 4.73. The van der Waals surface area contributed by atoms with Crippen LogP contribution in [0.25, 0.3) is 0 Å². The van der Waals surface area contributed by atoms with E-state index < -0.39 is 0 Å². The predicted octanol–water partition coefficient (Wildman–Crippen LogP) is 2.27. The van der Waals surface area contributed by atoms with E-state index in [1.165, 1.54) is 32.2 Å². The van der Waals surface area contributed by atoms with Crippen LogP contribution in [0.5, 0.6) is 0 Å². The summed E-state index contributed by atoms with van der Waals surface area (Å²) in [6.45, 7) is 3.58. The summed E-state index contributed by atoms with van der Waals surface area (Å²) in [5.74, 6) is 0. The Hall–Kier alpha value is -0.0400. The number of hydrogen-bond donors (Lipinski definition) is 0. The lowest BCUT2D eigenvalue weighted by molar-refractivity contribution is -0.870. The van der Waals surface area contributed by atoms with Gasteiger partial charge >= 0.3 is 0 Å². The quantitative estimate of drug-likeness (QED) is 0.410. The molecule has 0 N–H and O–H groups in total. The maximum atomic E-state index is 2.26. The molecule has 0 amide bonds. The minimum absolute atomic E-state index is 1.11. The van der Waals surface area contributed by atoms with Gasteiger partial charge in [-0.05, 0) is 12.8 Å². The monoisotopic (exact) mass is 144 g/mol. The summed E-state index contributed by atoms with van der Waals surface area (Å²) in [5.41, 5.74) is 0. The minimum atomic E-state index is 1.11. The summed E-state index contributed by atoms with van der Waals surface area (Å²) in [4.78, 5) is 0. The van der Waals surface area contributed by atoms with Crippen LogP contribution >= 0.6 is 0 Å². The molecule has 0 rings (SSSR count). The molecule has 0 saturated carbocycles. The summed E-state index contributed by atoms with van der Waals surface area (Å²) in [7, 11) is 6.77. The Kier molecular flexibility index (Phi) is 4.71. The minimum Gasteiger partial charge on any atom is -0.331 e. The van der Waals surface area contributed by atoms with Crippen molar-refractivity contribution >= 4 is 0 Å². The number of unbranched alkanes of at least 4 members (excludes halogenated alkanes) is 3. The summed E-state index contributed by atoms with van der Waals surface area (Å²) in [6, 6.07) is 0. The fourth-order valence-corrected chi connectivity index (χ4v) is 1.01. The van der Waals surface area contributed by atoms with Gasteiger partial charge in [0.15, 0.2) is 0 Å². The molecule has 1 heteroatoms. The SMILES string of the molecule is CCCCCC[N+](C)(C)C. The van der Waals surface area contributed by atoms with Gasteiger partial charge in [0.25, 0.3) is 0 Å². The van der Waals surface area contributed by atoms with E-state index in [2.05, 4.69) is 28.1 Å². The van der Waals surface area contributed by atoms with Crippen molar-refractivity contribution in [2.75, 3.05) is 27.7 Å². The van der Waals surface area contributed by atoms with Crippen molar-refractivity contribution in [1.82, 2.24) is 0 Å². The third kappa shape index (κ3) is 7.96. The van der Waals surface area contributed by atoms with Gasteiger partial charge in [-0.1, -0.05) is 19.8 Å². The van der Waals surface area contributed by atoms with E-state index in [0.717, 1.165) is 4.48 Å². The van der Waals surface area contributed by atoms with Crippen LogP contribution in [0.4, 0.5) is 0 Å². The Balaban J connectivity index is 3.04. The maximum Gasteiger partial charge on any atom is 0.0780 e. The molecule has 0 atom stereocenters. The molecular weight excluding hydrogens is 122 g/mol. The third-order valence-electron chi connectivity index (χ3n) is 1.68. The molecule has 1 nitrogen and oxygen atoms in total. The van der Waals surface area contributed by atoms with Gasteiger partial charge < -0.3 is 4.48 Å². The maximum absolute atomic E-state index is 2.26. The topological polar surface area (TPSA) is 0 Å². The van der Waals surface area contributed by atoms with E-state index in [1.807, 2.05) is 0 Å². The van der Waals surface area contributed by atoms with Crippen LogP contribution in [0.1, 0.15) is 32.6 Å². The zero-order chi connectivity index (χ0) is 8.04. The molecule has 0 aromatic rings. The number of quaternary nitrogens is 1. The number of nitrogens with zero attached hydrogens (tertiary/aromatic N) is 1. The molecule has 0 fully saturated rings. The second-order valence-corrected chi connectivity index (χ2v) is 4.07. The van der Waals surface area contributed by atoms with Crippen LogP contribution in [0, 0.1) is 0 Å². The van der Waals surface area contributed by atoms with Gasteiger partial charge in [-0.2, -0.15) is 0 Å². The number of rotatable bonds is 5. The largest absolute Gasteiger partial charge is 0.331 e. The van der Waals surface area contributed by atoms with Gasteiger partial charge in [0.1, 0.15) is 0 Å². The van der Waals surface area contributed by atoms with Crippen LogP contribution in [0.15, 0.2) is 0 Å². The molecule has 0 aromatic carbocycles. The predicted molar refractivity (Wildman–Crippen MR) is 47.0 cm³/mol. The average Bonchev–Trinajstić information content (AvgIpc) is 1.78. The summed E-state index contributed by atoms with van der Waals surface area (Å²) in [5, 5.41) is 0. The van der Waals surface area contributed by atoms with E-state index >= 15 is 0 Å². The normalized spacial score (nSPS) is 12.0. The summed E-state index contributed by atoms with van der Waals surface area (Å²) in [6.07, 6.45) is 5.54. The Morgan fingerprint density at radius 3 is 1.90 bits per heavy atom. The smallest absolute Gasteiger partial charge is 0.0780 e. The summed E-state index contributed by atoms with van der Waals surface area (Å²) >= 11 is 0. The van der Waals surface area contributed by atoms with Crippen molar-refractivity contribution in [2.45, 2.75) is 32.6 Å².